The Hall–Kier alpha value is -2.27. The van der Waals surface area contributed by atoms with Gasteiger partial charge in [0.2, 0.25) is 0 Å². The van der Waals surface area contributed by atoms with E-state index in [1.54, 1.807) is 24.4 Å². The maximum atomic E-state index is 13.1. The van der Waals surface area contributed by atoms with Crippen LogP contribution in [0.4, 0.5) is 0 Å². The highest BCUT2D eigenvalue weighted by molar-refractivity contribution is 14.1. The monoisotopic (exact) mass is 597 g/mol. The summed E-state index contributed by atoms with van der Waals surface area (Å²) >= 11 is 5.48. The molecular formula is C22H21BrIN3O4. The fourth-order valence-corrected chi connectivity index (χ4v) is 3.90. The molecule has 7 nitrogen and oxygen atoms in total. The second kappa shape index (κ2) is 10.4. The number of aromatic nitrogens is 2. The van der Waals surface area contributed by atoms with E-state index >= 15 is 0 Å². The van der Waals surface area contributed by atoms with Gasteiger partial charge in [0.25, 0.3) is 5.56 Å². The van der Waals surface area contributed by atoms with Crippen molar-refractivity contribution in [3.63, 3.8) is 0 Å². The second-order valence-electron chi connectivity index (χ2n) is 6.94. The molecule has 0 aliphatic heterocycles. The molecule has 1 heterocycles. The average molecular weight is 598 g/mol. The third-order valence-corrected chi connectivity index (χ3v) is 5.90. The number of carboxylic acids is 1. The lowest BCUT2D eigenvalue weighted by Gasteiger charge is -2.12. The Morgan fingerprint density at radius 3 is 2.81 bits per heavy atom. The molecule has 0 spiro atoms. The molecule has 0 aliphatic carbocycles. The summed E-state index contributed by atoms with van der Waals surface area (Å²) in [6.07, 6.45) is 3.17. The number of rotatable bonds is 8. The minimum absolute atomic E-state index is 0.224. The van der Waals surface area contributed by atoms with Gasteiger partial charge in [-0.25, -0.2) is 9.78 Å². The molecule has 0 fully saturated rings. The van der Waals surface area contributed by atoms with Gasteiger partial charge in [0.15, 0.2) is 6.10 Å². The van der Waals surface area contributed by atoms with Gasteiger partial charge in [0.1, 0.15) is 11.6 Å². The zero-order chi connectivity index (χ0) is 22.5. The predicted octanol–water partition coefficient (Wildman–Crippen LogP) is 4.84. The molecule has 162 valence electrons. The third kappa shape index (κ3) is 5.70. The van der Waals surface area contributed by atoms with E-state index in [9.17, 15) is 9.59 Å². The van der Waals surface area contributed by atoms with Crippen LogP contribution >= 0.6 is 38.5 Å². The van der Waals surface area contributed by atoms with E-state index in [4.69, 9.17) is 9.84 Å². The lowest BCUT2D eigenvalue weighted by atomic mass is 10.2. The number of unbranched alkanes of at least 4 members (excludes halogenated alkanes) is 1. The molecule has 2 aromatic carbocycles. The molecular weight excluding hydrogens is 577 g/mol. The summed E-state index contributed by atoms with van der Waals surface area (Å²) in [7, 11) is 0. The van der Waals surface area contributed by atoms with Crippen LogP contribution in [0, 0.1) is 3.57 Å². The Balaban J connectivity index is 1.98. The molecule has 1 aromatic heterocycles. The molecule has 3 aromatic rings. The first-order valence-electron chi connectivity index (χ1n) is 9.74. The molecule has 1 N–H and O–H groups in total. The van der Waals surface area contributed by atoms with Gasteiger partial charge in [-0.2, -0.15) is 9.78 Å². The molecule has 0 saturated carbocycles. The first kappa shape index (κ1) is 23.4. The van der Waals surface area contributed by atoms with Crippen molar-refractivity contribution in [2.45, 2.75) is 39.2 Å². The van der Waals surface area contributed by atoms with Gasteiger partial charge >= 0.3 is 5.97 Å². The summed E-state index contributed by atoms with van der Waals surface area (Å²) in [5, 5.41) is 13.9. The number of aryl methyl sites for hydroxylation is 1. The van der Waals surface area contributed by atoms with Crippen LogP contribution in [0.2, 0.25) is 0 Å². The Morgan fingerprint density at radius 2 is 2.13 bits per heavy atom. The van der Waals surface area contributed by atoms with Crippen LogP contribution in [-0.4, -0.2) is 33.1 Å². The van der Waals surface area contributed by atoms with Crippen LogP contribution in [0.1, 0.15) is 38.1 Å². The highest BCUT2D eigenvalue weighted by atomic mass is 127. The number of carbonyl (C=O) groups is 1. The highest BCUT2D eigenvalue weighted by Gasteiger charge is 2.14. The van der Waals surface area contributed by atoms with Gasteiger partial charge in [-0.1, -0.05) is 29.3 Å². The maximum Gasteiger partial charge on any atom is 0.344 e. The molecule has 9 heteroatoms. The molecule has 0 radical (unpaired) electrons. The van der Waals surface area contributed by atoms with Gasteiger partial charge in [-0.3, -0.25) is 4.79 Å². The van der Waals surface area contributed by atoms with Crippen molar-refractivity contribution < 1.29 is 14.6 Å². The van der Waals surface area contributed by atoms with Crippen LogP contribution < -0.4 is 10.3 Å². The van der Waals surface area contributed by atoms with Gasteiger partial charge < -0.3 is 9.84 Å². The van der Waals surface area contributed by atoms with Crippen molar-refractivity contribution in [3.8, 4) is 5.75 Å². The Morgan fingerprint density at radius 1 is 1.35 bits per heavy atom. The number of nitrogens with zero attached hydrogens (tertiary/aromatic N) is 3. The zero-order valence-corrected chi connectivity index (χ0v) is 20.8. The zero-order valence-electron chi connectivity index (χ0n) is 17.0. The fourth-order valence-electron chi connectivity index (χ4n) is 2.87. The number of aliphatic carboxylic acids is 1. The van der Waals surface area contributed by atoms with Crippen molar-refractivity contribution in [1.29, 1.82) is 0 Å². The minimum atomic E-state index is -1.03. The van der Waals surface area contributed by atoms with Crippen molar-refractivity contribution in [2.24, 2.45) is 5.10 Å². The quantitative estimate of drug-likeness (QED) is 0.296. The van der Waals surface area contributed by atoms with E-state index in [1.807, 2.05) is 18.2 Å². The summed E-state index contributed by atoms with van der Waals surface area (Å²) in [4.78, 5) is 28.8. The van der Waals surface area contributed by atoms with Crippen molar-refractivity contribution in [2.75, 3.05) is 0 Å². The van der Waals surface area contributed by atoms with Crippen molar-refractivity contribution in [1.82, 2.24) is 9.66 Å². The van der Waals surface area contributed by atoms with Crippen molar-refractivity contribution >= 4 is 61.6 Å². The highest BCUT2D eigenvalue weighted by Crippen LogP contribution is 2.23. The summed E-state index contributed by atoms with van der Waals surface area (Å²) in [5.74, 6) is 0.0596. The van der Waals surface area contributed by atoms with Crippen LogP contribution in [0.3, 0.4) is 0 Å². The van der Waals surface area contributed by atoms with Gasteiger partial charge in [-0.15, -0.1) is 0 Å². The van der Waals surface area contributed by atoms with Crippen molar-refractivity contribution in [3.05, 3.63) is 66.2 Å². The summed E-state index contributed by atoms with van der Waals surface area (Å²) in [6.45, 7) is 3.56. The van der Waals surface area contributed by atoms with E-state index in [2.05, 4.69) is 55.5 Å². The first-order valence-corrected chi connectivity index (χ1v) is 11.6. The average Bonchev–Trinajstić information content (AvgIpc) is 2.73. The number of benzene rings is 2. The number of carboxylic acid groups (broad SMARTS) is 1. The smallest absolute Gasteiger partial charge is 0.344 e. The van der Waals surface area contributed by atoms with E-state index in [0.717, 1.165) is 26.4 Å². The largest absolute Gasteiger partial charge is 0.479 e. The number of hydrogen-bond donors (Lipinski definition) is 1. The standard InChI is InChI=1S/C22H21BrIN3O4/c1-3-4-5-20-26-18-8-7-15(23)11-16(18)21(28)27(20)25-12-14-6-9-19(17(24)10-14)31-13(2)22(29)30/h6-13H,3-5H2,1-2H3,(H,29,30)/t13-/m0/s1. The van der Waals surface area contributed by atoms with Crippen LogP contribution in [0.5, 0.6) is 5.75 Å². The van der Waals surface area contributed by atoms with Crippen LogP contribution in [0.15, 0.2) is 50.8 Å². The Bertz CT molecular complexity index is 1210. The number of halogens is 2. The summed E-state index contributed by atoms with van der Waals surface area (Å²) in [6, 6.07) is 10.7. The predicted molar refractivity (Wildman–Crippen MR) is 132 cm³/mol. The van der Waals surface area contributed by atoms with E-state index in [0.29, 0.717) is 28.9 Å². The molecule has 0 aliphatic rings. The van der Waals surface area contributed by atoms with E-state index < -0.39 is 12.1 Å². The molecule has 0 bridgehead atoms. The lowest BCUT2D eigenvalue weighted by molar-refractivity contribution is -0.144. The summed E-state index contributed by atoms with van der Waals surface area (Å²) in [5.41, 5.74) is 1.18. The fraction of sp³-hybridized carbons (Fsp3) is 0.273. The van der Waals surface area contributed by atoms with Gasteiger partial charge in [-0.05, 0) is 77.9 Å². The SMILES string of the molecule is CCCCc1nc2ccc(Br)cc2c(=O)n1N=Cc1ccc(O[C@@H](C)C(=O)O)c(I)c1. The maximum absolute atomic E-state index is 13.1. The van der Waals surface area contributed by atoms with Gasteiger partial charge in [0.05, 0.1) is 20.7 Å². The third-order valence-electron chi connectivity index (χ3n) is 4.56. The van der Waals surface area contributed by atoms with E-state index in [1.165, 1.54) is 11.6 Å². The molecule has 3 rings (SSSR count). The molecule has 0 amide bonds. The Kier molecular flexibility index (Phi) is 7.82. The first-order chi connectivity index (χ1) is 14.8. The number of ether oxygens (including phenoxy) is 1. The topological polar surface area (TPSA) is 93.8 Å². The molecule has 0 unspecified atom stereocenters. The van der Waals surface area contributed by atoms with Gasteiger partial charge in [0, 0.05) is 10.9 Å². The normalized spacial score (nSPS) is 12.4. The minimum Gasteiger partial charge on any atom is -0.479 e. The van der Waals surface area contributed by atoms with E-state index in [-0.39, 0.29) is 5.56 Å². The van der Waals surface area contributed by atoms with Crippen LogP contribution in [0.25, 0.3) is 10.9 Å². The Labute approximate surface area is 201 Å². The number of hydrogen-bond acceptors (Lipinski definition) is 5. The molecule has 31 heavy (non-hydrogen) atoms. The number of fused-ring (bicyclic) bond motifs is 1. The second-order valence-corrected chi connectivity index (χ2v) is 9.02. The molecule has 1 atom stereocenters. The molecule has 0 saturated heterocycles. The summed E-state index contributed by atoms with van der Waals surface area (Å²) < 4.78 is 8.35. The van der Waals surface area contributed by atoms with Crippen LogP contribution in [-0.2, 0) is 11.2 Å². The lowest BCUT2D eigenvalue weighted by Crippen LogP contribution is -2.23.